The van der Waals surface area contributed by atoms with Crippen molar-refractivity contribution >= 4 is 33.6 Å². The quantitative estimate of drug-likeness (QED) is 0.0734. The summed E-state index contributed by atoms with van der Waals surface area (Å²) in [4.78, 5) is 28.6. The molecule has 62 heavy (non-hydrogen) atoms. The maximum Gasteiger partial charge on any atom is 0.200 e. The zero-order valence-corrected chi connectivity index (χ0v) is 35.0. The standard InChI is InChI=1S/C50H46O12/c1-22(2)7-9-30-44(59)43-39(58)19-37(56)40(49(43)61-46(30)28-10-8-26(51)15-34(28)53)25-13-24(5)20-50(6,21-25)12-11-29-35(54)18-38(57)42-45(60)33-17-31(23(3)4)32-14-27(52)16-36(55)41(32)48(33)62-47(29)42/h7-8,10-16,18-19,25,51-58H,9,17,20-21H2,1-6H3. The minimum absolute atomic E-state index is 0.00565. The van der Waals surface area contributed by atoms with E-state index in [9.17, 15) is 50.4 Å². The summed E-state index contributed by atoms with van der Waals surface area (Å²) in [6.45, 7) is 11.3. The molecule has 0 spiro atoms. The van der Waals surface area contributed by atoms with Crippen molar-refractivity contribution in [3.63, 3.8) is 0 Å². The molecule has 318 valence electrons. The van der Waals surface area contributed by atoms with E-state index in [-0.39, 0.29) is 114 Å². The first-order chi connectivity index (χ1) is 29.3. The Labute approximate surface area is 355 Å². The van der Waals surface area contributed by atoms with Crippen LogP contribution in [0.4, 0.5) is 0 Å². The van der Waals surface area contributed by atoms with Gasteiger partial charge >= 0.3 is 0 Å². The summed E-state index contributed by atoms with van der Waals surface area (Å²) in [5.41, 5.74) is 2.78. The molecule has 0 bridgehead atoms. The van der Waals surface area contributed by atoms with Crippen LogP contribution in [0.2, 0.25) is 0 Å². The Balaban J connectivity index is 1.28. The molecule has 2 aliphatic rings. The Bertz CT molecular complexity index is 3170. The van der Waals surface area contributed by atoms with Crippen molar-refractivity contribution in [1.82, 2.24) is 0 Å². The second kappa shape index (κ2) is 15.0. The van der Waals surface area contributed by atoms with Gasteiger partial charge in [0.15, 0.2) is 5.58 Å². The van der Waals surface area contributed by atoms with Crippen molar-refractivity contribution in [2.24, 2.45) is 5.41 Å². The van der Waals surface area contributed by atoms with Gasteiger partial charge in [-0.2, -0.15) is 0 Å². The van der Waals surface area contributed by atoms with E-state index in [4.69, 9.17) is 8.83 Å². The first-order valence-corrected chi connectivity index (χ1v) is 20.1. The van der Waals surface area contributed by atoms with Gasteiger partial charge in [0.25, 0.3) is 0 Å². The van der Waals surface area contributed by atoms with Crippen LogP contribution in [0.3, 0.4) is 0 Å². The minimum Gasteiger partial charge on any atom is -0.508 e. The van der Waals surface area contributed by atoms with Crippen molar-refractivity contribution in [2.75, 3.05) is 0 Å². The molecule has 0 fully saturated rings. The van der Waals surface area contributed by atoms with Crippen LogP contribution in [0.15, 0.2) is 95.8 Å². The van der Waals surface area contributed by atoms with Crippen LogP contribution in [0.25, 0.3) is 56.2 Å². The van der Waals surface area contributed by atoms with E-state index in [1.165, 1.54) is 18.2 Å². The fourth-order valence-electron chi connectivity index (χ4n) is 9.16. The lowest BCUT2D eigenvalue weighted by Gasteiger charge is -2.35. The molecule has 0 radical (unpaired) electrons. The topological polar surface area (TPSA) is 222 Å². The monoisotopic (exact) mass is 838 g/mol. The summed E-state index contributed by atoms with van der Waals surface area (Å²) in [5.74, 6) is -3.29. The second-order valence-corrected chi connectivity index (χ2v) is 17.3. The van der Waals surface area contributed by atoms with Gasteiger partial charge in [-0.3, -0.25) is 9.59 Å². The molecule has 0 aliphatic heterocycles. The molecule has 0 amide bonds. The maximum absolute atomic E-state index is 14.4. The molecule has 0 saturated heterocycles. The molecule has 2 heterocycles. The Kier molecular flexibility index (Phi) is 10.0. The number of phenols is 8. The third-order valence-corrected chi connectivity index (χ3v) is 11.9. The van der Waals surface area contributed by atoms with Crippen LogP contribution in [0, 0.1) is 5.41 Å². The summed E-state index contributed by atoms with van der Waals surface area (Å²) in [5, 5.41) is 87.3. The van der Waals surface area contributed by atoms with Crippen LogP contribution in [-0.2, 0) is 12.8 Å². The Morgan fingerprint density at radius 3 is 2.08 bits per heavy atom. The lowest BCUT2D eigenvalue weighted by atomic mass is 9.69. The smallest absolute Gasteiger partial charge is 0.200 e. The van der Waals surface area contributed by atoms with Gasteiger partial charge in [-0.1, -0.05) is 47.9 Å². The lowest BCUT2D eigenvalue weighted by molar-refractivity contribution is 0.347. The van der Waals surface area contributed by atoms with Crippen LogP contribution in [0.1, 0.15) is 88.1 Å². The summed E-state index contributed by atoms with van der Waals surface area (Å²) < 4.78 is 12.9. The predicted octanol–water partition coefficient (Wildman–Crippen LogP) is 10.3. The van der Waals surface area contributed by atoms with Gasteiger partial charge in [0.2, 0.25) is 10.9 Å². The predicted molar refractivity (Wildman–Crippen MR) is 237 cm³/mol. The number of allylic oxidation sites excluding steroid dienone is 7. The molecule has 8 rings (SSSR count). The zero-order chi connectivity index (χ0) is 44.7. The van der Waals surface area contributed by atoms with Gasteiger partial charge in [-0.05, 0) is 88.6 Å². The van der Waals surface area contributed by atoms with Crippen LogP contribution >= 0.6 is 0 Å². The number of hydrogen-bond donors (Lipinski definition) is 8. The fraction of sp³-hybridized carbons (Fsp3) is 0.240. The first kappa shape index (κ1) is 41.4. The number of aromatic hydroxyl groups is 8. The summed E-state index contributed by atoms with van der Waals surface area (Å²) >= 11 is 0. The van der Waals surface area contributed by atoms with E-state index in [2.05, 4.69) is 0 Å². The minimum atomic E-state index is -0.728. The highest BCUT2D eigenvalue weighted by molar-refractivity contribution is 5.98. The van der Waals surface area contributed by atoms with E-state index in [0.717, 1.165) is 41.0 Å². The largest absolute Gasteiger partial charge is 0.508 e. The molecule has 12 heteroatoms. The van der Waals surface area contributed by atoms with Crippen molar-refractivity contribution in [3.8, 4) is 68.6 Å². The SMILES string of the molecule is CC(C)=CCc1c(-c2ccc(O)cc2O)oc2c(C3C=C(C)CC(C)(C=Cc4c(O)cc(O)c5c(=O)c6c(oc45)-c4c(O)cc(O)cc4C(=C(C)C)C6)C3)c(O)cc(O)c2c1=O. The third kappa shape index (κ3) is 6.91. The van der Waals surface area contributed by atoms with Gasteiger partial charge in [-0.15, -0.1) is 0 Å². The molecule has 8 N–H and O–H groups in total. The molecule has 2 aromatic heterocycles. The summed E-state index contributed by atoms with van der Waals surface area (Å²) in [7, 11) is 0. The summed E-state index contributed by atoms with van der Waals surface area (Å²) in [6.07, 6.45) is 8.21. The van der Waals surface area contributed by atoms with E-state index in [1.54, 1.807) is 6.08 Å². The summed E-state index contributed by atoms with van der Waals surface area (Å²) in [6, 6.07) is 8.72. The van der Waals surface area contributed by atoms with Gasteiger partial charge in [0.05, 0.1) is 16.7 Å². The molecule has 2 aliphatic carbocycles. The Morgan fingerprint density at radius 1 is 0.742 bits per heavy atom. The molecular weight excluding hydrogens is 793 g/mol. The maximum atomic E-state index is 14.4. The van der Waals surface area contributed by atoms with Crippen molar-refractivity contribution in [3.05, 3.63) is 126 Å². The third-order valence-electron chi connectivity index (χ3n) is 11.9. The highest BCUT2D eigenvalue weighted by Crippen LogP contribution is 2.52. The number of hydrogen-bond acceptors (Lipinski definition) is 12. The van der Waals surface area contributed by atoms with E-state index >= 15 is 0 Å². The van der Waals surface area contributed by atoms with Crippen LogP contribution < -0.4 is 10.9 Å². The van der Waals surface area contributed by atoms with E-state index in [1.807, 2.05) is 59.8 Å². The first-order valence-electron chi connectivity index (χ1n) is 20.1. The zero-order valence-electron chi connectivity index (χ0n) is 35.0. The Morgan fingerprint density at radius 2 is 1.40 bits per heavy atom. The number of rotatable bonds is 6. The van der Waals surface area contributed by atoms with Crippen LogP contribution in [-0.4, -0.2) is 40.9 Å². The van der Waals surface area contributed by atoms with Crippen molar-refractivity contribution in [1.29, 1.82) is 0 Å². The molecule has 4 aromatic carbocycles. The highest BCUT2D eigenvalue weighted by atomic mass is 16.3. The molecule has 0 saturated carbocycles. The Hall–Kier alpha value is -7.34. The molecule has 12 nitrogen and oxygen atoms in total. The second-order valence-electron chi connectivity index (χ2n) is 17.3. The molecule has 6 aromatic rings. The average Bonchev–Trinajstić information content (AvgIpc) is 3.16. The highest BCUT2D eigenvalue weighted by Gasteiger charge is 2.36. The number of phenolic OH excluding ortho intramolecular Hbond substituents is 8. The van der Waals surface area contributed by atoms with Gasteiger partial charge in [0, 0.05) is 53.3 Å². The van der Waals surface area contributed by atoms with Gasteiger partial charge in [0.1, 0.15) is 73.9 Å². The van der Waals surface area contributed by atoms with E-state index < -0.39 is 33.7 Å². The lowest BCUT2D eigenvalue weighted by Crippen LogP contribution is -2.22. The molecule has 2 atom stereocenters. The average molecular weight is 839 g/mol. The number of benzene rings is 4. The normalized spacial score (nSPS) is 17.3. The van der Waals surface area contributed by atoms with E-state index in [0.29, 0.717) is 24.0 Å². The van der Waals surface area contributed by atoms with Gasteiger partial charge < -0.3 is 49.7 Å². The van der Waals surface area contributed by atoms with Crippen LogP contribution in [0.5, 0.6) is 46.0 Å². The number of fused-ring (bicyclic) bond motifs is 5. The van der Waals surface area contributed by atoms with Gasteiger partial charge in [-0.25, -0.2) is 0 Å². The van der Waals surface area contributed by atoms with Crippen molar-refractivity contribution < 1.29 is 49.7 Å². The van der Waals surface area contributed by atoms with Crippen molar-refractivity contribution in [2.45, 2.75) is 73.1 Å². The molecular formula is C50H46O12. The molecule has 2 unspecified atom stereocenters. The fourth-order valence-corrected chi connectivity index (χ4v) is 9.16.